The fourth-order valence-corrected chi connectivity index (χ4v) is 4.47. The summed E-state index contributed by atoms with van der Waals surface area (Å²) < 4.78 is 25.8. The second-order valence-electron chi connectivity index (χ2n) is 6.47. The first-order valence-electron chi connectivity index (χ1n) is 9.04. The number of halogens is 1. The van der Waals surface area contributed by atoms with Crippen LogP contribution in [-0.4, -0.2) is 24.6 Å². The number of benzene rings is 3. The Labute approximate surface area is 184 Å². The summed E-state index contributed by atoms with van der Waals surface area (Å²) in [5, 5.41) is 5.14. The molecule has 0 bridgehead atoms. The minimum Gasteiger partial charge on any atom is -0.200 e. The normalized spacial score (nSPS) is 11.4. The lowest BCUT2D eigenvalue weighted by Crippen LogP contribution is -2.25. The average molecular weight is 456 g/mol. The van der Waals surface area contributed by atoms with Gasteiger partial charge in [0.2, 0.25) is 0 Å². The molecule has 0 aliphatic carbocycles. The van der Waals surface area contributed by atoms with Crippen LogP contribution in [0.1, 0.15) is 0 Å². The van der Waals surface area contributed by atoms with Crippen LogP contribution in [0.25, 0.3) is 22.5 Å². The predicted molar refractivity (Wildman–Crippen MR) is 123 cm³/mol. The number of hydrogen-bond acceptors (Lipinski definition) is 4. The zero-order chi connectivity index (χ0) is 21.1. The minimum atomic E-state index is -3.81. The van der Waals surface area contributed by atoms with Crippen LogP contribution in [0.4, 0.5) is 0 Å². The molecule has 0 fully saturated rings. The maximum atomic E-state index is 12.9. The molecule has 0 aliphatic heterocycles. The Kier molecular flexibility index (Phi) is 5.85. The van der Waals surface area contributed by atoms with E-state index in [-0.39, 0.29) is 4.90 Å². The molecular formula is C22H18ClN3O2S2. The fraction of sp³-hybridized carbons (Fsp3) is 0.0455. The Hall–Kier alpha value is -2.74. The van der Waals surface area contributed by atoms with Gasteiger partial charge in [0, 0.05) is 21.0 Å². The third-order valence-electron chi connectivity index (χ3n) is 4.50. The topological polar surface area (TPSA) is 64.0 Å². The van der Waals surface area contributed by atoms with Gasteiger partial charge in [0.25, 0.3) is 10.0 Å². The van der Waals surface area contributed by atoms with Gasteiger partial charge in [-0.2, -0.15) is 23.1 Å². The van der Waals surface area contributed by atoms with E-state index in [1.54, 1.807) is 54.2 Å². The van der Waals surface area contributed by atoms with Crippen LogP contribution in [-0.2, 0) is 10.0 Å². The number of nitrogens with one attached hydrogen (secondary N) is 1. The summed E-state index contributed by atoms with van der Waals surface area (Å²) in [5.41, 5.74) is 2.94. The fourth-order valence-electron chi connectivity index (χ4n) is 2.95. The van der Waals surface area contributed by atoms with Crippen molar-refractivity contribution >= 4 is 33.4 Å². The van der Waals surface area contributed by atoms with E-state index in [2.05, 4.69) is 9.93 Å². The van der Waals surface area contributed by atoms with Gasteiger partial charge >= 0.3 is 0 Å². The summed E-state index contributed by atoms with van der Waals surface area (Å²) in [5.74, 6) is 0. The summed E-state index contributed by atoms with van der Waals surface area (Å²) in [7, 11) is -3.81. The highest BCUT2D eigenvalue weighted by Crippen LogP contribution is 2.28. The number of rotatable bonds is 6. The summed E-state index contributed by atoms with van der Waals surface area (Å²) >= 11 is 7.64. The first kappa shape index (κ1) is 20.5. The van der Waals surface area contributed by atoms with Gasteiger partial charge in [0.1, 0.15) is 0 Å². The zero-order valence-electron chi connectivity index (χ0n) is 16.0. The smallest absolute Gasteiger partial charge is 0.200 e. The van der Waals surface area contributed by atoms with E-state index in [0.29, 0.717) is 16.4 Å². The molecule has 3 aromatic carbocycles. The molecule has 0 aliphatic rings. The Bertz CT molecular complexity index is 1250. The minimum absolute atomic E-state index is 0.164. The molecule has 0 amide bonds. The Morgan fingerprint density at radius 3 is 2.17 bits per heavy atom. The molecular weight excluding hydrogens is 438 g/mol. The number of thioether (sulfide) groups is 1. The number of sulfonamides is 1. The van der Waals surface area contributed by atoms with Gasteiger partial charge in [-0.3, -0.25) is 0 Å². The maximum Gasteiger partial charge on any atom is 0.276 e. The molecule has 1 aromatic heterocycles. The lowest BCUT2D eigenvalue weighted by atomic mass is 10.1. The highest BCUT2D eigenvalue weighted by molar-refractivity contribution is 7.98. The van der Waals surface area contributed by atoms with Crippen molar-refractivity contribution in [3.63, 3.8) is 0 Å². The predicted octanol–water partition coefficient (Wildman–Crippen LogP) is 5.52. The van der Waals surface area contributed by atoms with Crippen LogP contribution in [0.15, 0.2) is 94.7 Å². The number of aromatic nitrogens is 2. The van der Waals surface area contributed by atoms with Gasteiger partial charge in [-0.1, -0.05) is 54.1 Å². The van der Waals surface area contributed by atoms with E-state index in [9.17, 15) is 8.42 Å². The molecule has 0 saturated heterocycles. The van der Waals surface area contributed by atoms with Crippen molar-refractivity contribution in [2.45, 2.75) is 9.79 Å². The molecule has 0 saturated carbocycles. The van der Waals surface area contributed by atoms with Gasteiger partial charge in [-0.05, 0) is 48.7 Å². The second kappa shape index (κ2) is 8.55. The van der Waals surface area contributed by atoms with Crippen molar-refractivity contribution in [2.75, 3.05) is 11.1 Å². The van der Waals surface area contributed by atoms with Crippen LogP contribution in [0.3, 0.4) is 0 Å². The summed E-state index contributed by atoms with van der Waals surface area (Å²) in [6.07, 6.45) is 2.01. The molecule has 1 N–H and O–H groups in total. The standard InChI is InChI=1S/C22H18ClN3O2S2/c1-29-19-13-9-17(10-14-19)22-15-21(16-7-11-18(23)12-8-16)24-26(22)25-30(27,28)20-5-3-2-4-6-20/h2-15,25H,1H3. The van der Waals surface area contributed by atoms with E-state index >= 15 is 0 Å². The molecule has 0 spiro atoms. The van der Waals surface area contributed by atoms with Crippen molar-refractivity contribution in [3.05, 3.63) is 90.0 Å². The van der Waals surface area contributed by atoms with Crippen LogP contribution in [0, 0.1) is 0 Å². The van der Waals surface area contributed by atoms with Gasteiger partial charge < -0.3 is 0 Å². The van der Waals surface area contributed by atoms with Crippen molar-refractivity contribution in [1.82, 2.24) is 9.89 Å². The third-order valence-corrected chi connectivity index (χ3v) is 6.80. The first-order chi connectivity index (χ1) is 14.5. The van der Waals surface area contributed by atoms with Crippen LogP contribution < -0.4 is 4.83 Å². The van der Waals surface area contributed by atoms with Gasteiger partial charge in [0.15, 0.2) is 0 Å². The molecule has 8 heteroatoms. The summed E-state index contributed by atoms with van der Waals surface area (Å²) in [4.78, 5) is 5.17. The monoisotopic (exact) mass is 455 g/mol. The maximum absolute atomic E-state index is 12.9. The molecule has 152 valence electrons. The lowest BCUT2D eigenvalue weighted by molar-refractivity contribution is 0.592. The van der Waals surface area contributed by atoms with Crippen molar-refractivity contribution in [3.8, 4) is 22.5 Å². The SMILES string of the molecule is CSc1ccc(-c2cc(-c3ccc(Cl)cc3)nn2NS(=O)(=O)c2ccccc2)cc1. The summed E-state index contributed by atoms with van der Waals surface area (Å²) in [6.45, 7) is 0. The number of hydrogen-bond donors (Lipinski definition) is 1. The average Bonchev–Trinajstić information content (AvgIpc) is 3.18. The van der Waals surface area contributed by atoms with Gasteiger partial charge in [-0.15, -0.1) is 11.8 Å². The molecule has 30 heavy (non-hydrogen) atoms. The Balaban J connectivity index is 1.79. The summed E-state index contributed by atoms with van der Waals surface area (Å²) in [6, 6.07) is 25.2. The van der Waals surface area contributed by atoms with Gasteiger partial charge in [-0.25, -0.2) is 0 Å². The second-order valence-corrected chi connectivity index (χ2v) is 9.45. The van der Waals surface area contributed by atoms with E-state index in [4.69, 9.17) is 11.6 Å². The highest BCUT2D eigenvalue weighted by atomic mass is 35.5. The molecule has 1 heterocycles. The van der Waals surface area contributed by atoms with E-state index in [0.717, 1.165) is 16.0 Å². The molecule has 0 atom stereocenters. The Morgan fingerprint density at radius 2 is 1.53 bits per heavy atom. The van der Waals surface area contributed by atoms with E-state index < -0.39 is 10.0 Å². The van der Waals surface area contributed by atoms with Crippen molar-refractivity contribution < 1.29 is 8.42 Å². The quantitative estimate of drug-likeness (QED) is 0.388. The van der Waals surface area contributed by atoms with E-state index in [1.807, 2.05) is 48.7 Å². The van der Waals surface area contributed by atoms with Crippen LogP contribution in [0.5, 0.6) is 0 Å². The zero-order valence-corrected chi connectivity index (χ0v) is 18.4. The molecule has 5 nitrogen and oxygen atoms in total. The Morgan fingerprint density at radius 1 is 0.900 bits per heavy atom. The highest BCUT2D eigenvalue weighted by Gasteiger charge is 2.19. The van der Waals surface area contributed by atoms with Crippen LogP contribution in [0.2, 0.25) is 5.02 Å². The third kappa shape index (κ3) is 4.38. The van der Waals surface area contributed by atoms with Crippen molar-refractivity contribution in [1.29, 1.82) is 0 Å². The molecule has 4 rings (SSSR count). The molecule has 4 aromatic rings. The first-order valence-corrected chi connectivity index (χ1v) is 12.1. The largest absolute Gasteiger partial charge is 0.276 e. The lowest BCUT2D eigenvalue weighted by Gasteiger charge is -2.11. The molecule has 0 radical (unpaired) electrons. The number of nitrogens with zero attached hydrogens (tertiary/aromatic N) is 2. The van der Waals surface area contributed by atoms with Crippen LogP contribution >= 0.6 is 23.4 Å². The van der Waals surface area contributed by atoms with Crippen molar-refractivity contribution in [2.24, 2.45) is 0 Å². The molecule has 0 unspecified atom stereocenters. The van der Waals surface area contributed by atoms with E-state index in [1.165, 1.54) is 4.79 Å². The van der Waals surface area contributed by atoms with Gasteiger partial charge in [0.05, 0.1) is 16.3 Å².